The number of nitrogens with one attached hydrogen (secondary N) is 1. The van der Waals surface area contributed by atoms with Gasteiger partial charge in [-0.15, -0.1) is 0 Å². The van der Waals surface area contributed by atoms with Crippen LogP contribution in [0.1, 0.15) is 24.1 Å². The van der Waals surface area contributed by atoms with Crippen molar-refractivity contribution in [3.63, 3.8) is 0 Å². The second-order valence-electron chi connectivity index (χ2n) is 5.32. The number of ether oxygens (including phenoxy) is 1. The number of hydrogen-bond donors (Lipinski definition) is 1. The topological polar surface area (TPSA) is 34.1 Å². The molecule has 0 aromatic carbocycles. The Labute approximate surface area is 108 Å². The first-order valence-electron chi connectivity index (χ1n) is 6.70. The van der Waals surface area contributed by atoms with Crippen LogP contribution in [0.25, 0.3) is 5.57 Å². The third kappa shape index (κ3) is 2.03. The number of hydrogen-bond acceptors (Lipinski definition) is 3. The number of fused-ring (bicyclic) bond motifs is 1. The van der Waals surface area contributed by atoms with Crippen molar-refractivity contribution in [2.24, 2.45) is 11.8 Å². The number of piperidine rings is 1. The van der Waals surface area contributed by atoms with Crippen molar-refractivity contribution in [1.29, 1.82) is 0 Å². The molecule has 1 aliphatic carbocycles. The summed E-state index contributed by atoms with van der Waals surface area (Å²) in [7, 11) is 1.71. The zero-order valence-corrected chi connectivity index (χ0v) is 11.1. The molecule has 0 bridgehead atoms. The lowest BCUT2D eigenvalue weighted by atomic mass is 9.89. The molecule has 1 aromatic rings. The van der Waals surface area contributed by atoms with E-state index in [1.54, 1.807) is 7.11 Å². The minimum absolute atomic E-state index is 0.758. The monoisotopic (exact) mass is 244 g/mol. The Morgan fingerprint density at radius 2 is 2.33 bits per heavy atom. The minimum Gasteiger partial charge on any atom is -0.495 e. The van der Waals surface area contributed by atoms with Gasteiger partial charge in [-0.1, -0.05) is 6.08 Å². The largest absolute Gasteiger partial charge is 0.495 e. The lowest BCUT2D eigenvalue weighted by Gasteiger charge is -2.25. The minimum atomic E-state index is 0.758. The maximum Gasteiger partial charge on any atom is 0.140 e. The highest BCUT2D eigenvalue weighted by atomic mass is 16.5. The predicted molar refractivity (Wildman–Crippen MR) is 72.6 cm³/mol. The Morgan fingerprint density at radius 1 is 1.44 bits per heavy atom. The number of nitrogens with zero attached hydrogens (tertiary/aromatic N) is 1. The van der Waals surface area contributed by atoms with Crippen LogP contribution in [-0.2, 0) is 0 Å². The molecule has 18 heavy (non-hydrogen) atoms. The molecule has 1 fully saturated rings. The van der Waals surface area contributed by atoms with Gasteiger partial charge in [0.2, 0.25) is 0 Å². The molecule has 1 aliphatic heterocycles. The van der Waals surface area contributed by atoms with Crippen LogP contribution >= 0.6 is 0 Å². The Kier molecular flexibility index (Phi) is 3.08. The van der Waals surface area contributed by atoms with Crippen molar-refractivity contribution in [2.45, 2.75) is 19.8 Å². The van der Waals surface area contributed by atoms with Gasteiger partial charge in [-0.3, -0.25) is 4.98 Å². The SMILES string of the molecule is COc1cc(C2=C[C@H]3CCNC[C@H]3C2)cnc1C. The number of allylic oxidation sites excluding steroid dienone is 2. The van der Waals surface area contributed by atoms with E-state index in [-0.39, 0.29) is 0 Å². The van der Waals surface area contributed by atoms with Crippen molar-refractivity contribution in [2.75, 3.05) is 20.2 Å². The van der Waals surface area contributed by atoms with Gasteiger partial charge in [0.25, 0.3) is 0 Å². The molecule has 2 aliphatic rings. The second-order valence-corrected chi connectivity index (χ2v) is 5.32. The first kappa shape index (κ1) is 11.7. The molecule has 3 nitrogen and oxygen atoms in total. The van der Waals surface area contributed by atoms with Gasteiger partial charge in [0.15, 0.2) is 0 Å². The lowest BCUT2D eigenvalue weighted by Crippen LogP contribution is -2.33. The van der Waals surface area contributed by atoms with Crippen molar-refractivity contribution in [3.05, 3.63) is 29.6 Å². The summed E-state index contributed by atoms with van der Waals surface area (Å²) in [6.45, 7) is 4.29. The van der Waals surface area contributed by atoms with Gasteiger partial charge < -0.3 is 10.1 Å². The van der Waals surface area contributed by atoms with Crippen molar-refractivity contribution in [1.82, 2.24) is 10.3 Å². The molecule has 0 amide bonds. The van der Waals surface area contributed by atoms with E-state index in [9.17, 15) is 0 Å². The average Bonchev–Trinajstić information content (AvgIpc) is 2.83. The summed E-state index contributed by atoms with van der Waals surface area (Å²) >= 11 is 0. The number of aromatic nitrogens is 1. The first-order chi connectivity index (χ1) is 8.78. The zero-order chi connectivity index (χ0) is 12.5. The third-order valence-electron chi connectivity index (χ3n) is 4.20. The van der Waals surface area contributed by atoms with Gasteiger partial charge >= 0.3 is 0 Å². The van der Waals surface area contributed by atoms with E-state index in [1.165, 1.54) is 24.0 Å². The summed E-state index contributed by atoms with van der Waals surface area (Å²) in [5, 5.41) is 3.49. The van der Waals surface area contributed by atoms with E-state index < -0.39 is 0 Å². The normalized spacial score (nSPS) is 26.7. The Balaban J connectivity index is 1.87. The second kappa shape index (κ2) is 4.73. The number of rotatable bonds is 2. The van der Waals surface area contributed by atoms with Crippen LogP contribution in [-0.4, -0.2) is 25.2 Å². The molecule has 1 saturated heterocycles. The fraction of sp³-hybridized carbons (Fsp3) is 0.533. The van der Waals surface area contributed by atoms with Crippen LogP contribution in [0.4, 0.5) is 0 Å². The van der Waals surface area contributed by atoms with E-state index in [2.05, 4.69) is 22.4 Å². The number of pyridine rings is 1. The summed E-state index contributed by atoms with van der Waals surface area (Å²) in [6.07, 6.45) is 6.88. The Morgan fingerprint density at radius 3 is 3.11 bits per heavy atom. The van der Waals surface area contributed by atoms with E-state index in [1.807, 2.05) is 13.1 Å². The highest BCUT2D eigenvalue weighted by molar-refractivity contribution is 5.68. The Hall–Kier alpha value is -1.35. The van der Waals surface area contributed by atoms with Crippen molar-refractivity contribution in [3.8, 4) is 5.75 Å². The quantitative estimate of drug-likeness (QED) is 0.867. The molecule has 0 spiro atoms. The standard InChI is InChI=1S/C15H20N2O/c1-10-15(18-2)7-14(9-17-10)12-5-11-3-4-16-8-13(11)6-12/h5,7,9,11,13,16H,3-4,6,8H2,1-2H3/t11-,13-/m1/s1. The van der Waals surface area contributed by atoms with Gasteiger partial charge in [0.1, 0.15) is 5.75 Å². The first-order valence-corrected chi connectivity index (χ1v) is 6.70. The molecule has 2 atom stereocenters. The van der Waals surface area contributed by atoms with Crippen LogP contribution < -0.4 is 10.1 Å². The maximum atomic E-state index is 5.36. The fourth-order valence-corrected chi connectivity index (χ4v) is 3.10. The van der Waals surface area contributed by atoms with Gasteiger partial charge in [-0.25, -0.2) is 0 Å². The molecule has 0 radical (unpaired) electrons. The highest BCUT2D eigenvalue weighted by Gasteiger charge is 2.30. The molecular weight excluding hydrogens is 224 g/mol. The molecule has 2 heterocycles. The fourth-order valence-electron chi connectivity index (χ4n) is 3.10. The van der Waals surface area contributed by atoms with Gasteiger partial charge in [-0.05, 0) is 61.9 Å². The van der Waals surface area contributed by atoms with E-state index in [4.69, 9.17) is 4.74 Å². The molecule has 3 rings (SSSR count). The van der Waals surface area contributed by atoms with Gasteiger partial charge in [-0.2, -0.15) is 0 Å². The zero-order valence-electron chi connectivity index (χ0n) is 11.1. The van der Waals surface area contributed by atoms with E-state index in [0.29, 0.717) is 0 Å². The summed E-state index contributed by atoms with van der Waals surface area (Å²) in [4.78, 5) is 4.43. The van der Waals surface area contributed by atoms with Crippen LogP contribution in [0.2, 0.25) is 0 Å². The molecular formula is C15H20N2O. The summed E-state index contributed by atoms with van der Waals surface area (Å²) in [5.41, 5.74) is 3.63. The molecule has 1 aromatic heterocycles. The van der Waals surface area contributed by atoms with E-state index in [0.717, 1.165) is 36.4 Å². The summed E-state index contributed by atoms with van der Waals surface area (Å²) < 4.78 is 5.36. The van der Waals surface area contributed by atoms with Crippen LogP contribution in [0.15, 0.2) is 18.3 Å². The highest BCUT2D eigenvalue weighted by Crippen LogP contribution is 2.39. The van der Waals surface area contributed by atoms with Gasteiger partial charge in [0.05, 0.1) is 12.8 Å². The van der Waals surface area contributed by atoms with E-state index >= 15 is 0 Å². The summed E-state index contributed by atoms with van der Waals surface area (Å²) in [6, 6.07) is 2.12. The van der Waals surface area contributed by atoms with Crippen LogP contribution in [0.5, 0.6) is 5.75 Å². The lowest BCUT2D eigenvalue weighted by molar-refractivity contribution is 0.324. The van der Waals surface area contributed by atoms with Crippen molar-refractivity contribution >= 4 is 5.57 Å². The Bertz CT molecular complexity index is 481. The summed E-state index contributed by atoms with van der Waals surface area (Å²) in [5.74, 6) is 2.43. The molecule has 96 valence electrons. The van der Waals surface area contributed by atoms with Crippen LogP contribution in [0, 0.1) is 18.8 Å². The van der Waals surface area contributed by atoms with Crippen LogP contribution in [0.3, 0.4) is 0 Å². The predicted octanol–water partition coefficient (Wildman–Crippen LogP) is 2.41. The maximum absolute atomic E-state index is 5.36. The smallest absolute Gasteiger partial charge is 0.140 e. The number of aryl methyl sites for hydroxylation is 1. The molecule has 0 saturated carbocycles. The molecule has 0 unspecified atom stereocenters. The van der Waals surface area contributed by atoms with Gasteiger partial charge in [0, 0.05) is 6.20 Å². The third-order valence-corrected chi connectivity index (χ3v) is 4.20. The molecule has 3 heteroatoms. The van der Waals surface area contributed by atoms with Crippen molar-refractivity contribution < 1.29 is 4.74 Å². The average molecular weight is 244 g/mol. The molecule has 1 N–H and O–H groups in total. The number of methoxy groups -OCH3 is 1.